The Labute approximate surface area is 65.5 Å². The Morgan fingerprint density at radius 1 is 1.18 bits per heavy atom. The van der Waals surface area contributed by atoms with Crippen LogP contribution < -0.4 is 5.48 Å². The Bertz CT molecular complexity index is 134. The minimum Gasteiger partial charge on any atom is -0.324 e. The Morgan fingerprint density at radius 2 is 1.82 bits per heavy atom. The van der Waals surface area contributed by atoms with Crippen molar-refractivity contribution in [3.8, 4) is 0 Å². The molecule has 5 nitrogen and oxygen atoms in total. The zero-order valence-electron chi connectivity index (χ0n) is 6.23. The highest BCUT2D eigenvalue weighted by Crippen LogP contribution is 2.35. The van der Waals surface area contributed by atoms with Crippen molar-refractivity contribution in [1.82, 2.24) is 5.48 Å². The van der Waals surface area contributed by atoms with Gasteiger partial charge in [0.25, 0.3) is 0 Å². The number of nitrogens with one attached hydrogen (secondary N) is 1. The van der Waals surface area contributed by atoms with Crippen molar-refractivity contribution in [2.24, 2.45) is 0 Å². The van der Waals surface area contributed by atoms with E-state index in [9.17, 15) is 4.57 Å². The second-order valence-corrected chi connectivity index (χ2v) is 4.13. The highest BCUT2D eigenvalue weighted by Gasteiger charge is 2.10. The lowest BCUT2D eigenvalue weighted by Gasteiger charge is -2.02. The van der Waals surface area contributed by atoms with Crippen LogP contribution in [0.25, 0.3) is 0 Å². The van der Waals surface area contributed by atoms with Gasteiger partial charge in [0.05, 0.1) is 0 Å². The van der Waals surface area contributed by atoms with Crippen LogP contribution in [0.15, 0.2) is 0 Å². The summed E-state index contributed by atoms with van der Waals surface area (Å²) < 4.78 is 10.3. The molecule has 0 atom stereocenters. The molecule has 0 aromatic carbocycles. The highest BCUT2D eigenvalue weighted by molar-refractivity contribution is 7.51. The molecule has 11 heavy (non-hydrogen) atoms. The fourth-order valence-corrected chi connectivity index (χ4v) is 1.33. The van der Waals surface area contributed by atoms with Gasteiger partial charge in [0, 0.05) is 12.7 Å². The molecule has 0 heterocycles. The van der Waals surface area contributed by atoms with Gasteiger partial charge in [-0.05, 0) is 12.8 Å². The second-order valence-electron chi connectivity index (χ2n) is 2.36. The molecule has 0 spiro atoms. The minimum atomic E-state index is -3.80. The van der Waals surface area contributed by atoms with Crippen molar-refractivity contribution in [2.75, 3.05) is 12.7 Å². The number of rotatable bonds is 6. The molecule has 0 bridgehead atoms. The maximum Gasteiger partial charge on any atom is 0.325 e. The Balaban J connectivity index is 3.09. The van der Waals surface area contributed by atoms with E-state index in [2.05, 4.69) is 0 Å². The van der Waals surface area contributed by atoms with Crippen LogP contribution in [0.1, 0.15) is 19.3 Å². The normalized spacial score (nSPS) is 11.9. The van der Waals surface area contributed by atoms with Crippen LogP contribution in [0.3, 0.4) is 0 Å². The number of unbranched alkanes of at least 4 members (excludes halogenated alkanes) is 2. The number of hydrogen-bond donors (Lipinski definition) is 4. The van der Waals surface area contributed by atoms with Crippen LogP contribution in [-0.2, 0) is 4.57 Å². The topological polar surface area (TPSA) is 89.8 Å². The number of hydroxylamine groups is 1. The van der Waals surface area contributed by atoms with Crippen molar-refractivity contribution in [2.45, 2.75) is 19.3 Å². The van der Waals surface area contributed by atoms with Gasteiger partial charge < -0.3 is 15.0 Å². The Morgan fingerprint density at radius 3 is 2.27 bits per heavy atom. The first-order valence-electron chi connectivity index (χ1n) is 3.48. The number of hydrogen-bond acceptors (Lipinski definition) is 3. The van der Waals surface area contributed by atoms with Gasteiger partial charge in [-0.3, -0.25) is 4.57 Å². The molecule has 0 rings (SSSR count). The first-order chi connectivity index (χ1) is 5.06. The molecule has 0 fully saturated rings. The lowest BCUT2D eigenvalue weighted by Crippen LogP contribution is -2.08. The van der Waals surface area contributed by atoms with Gasteiger partial charge >= 0.3 is 7.60 Å². The molecule has 0 aliphatic heterocycles. The molecule has 0 saturated carbocycles. The summed E-state index contributed by atoms with van der Waals surface area (Å²) >= 11 is 0. The van der Waals surface area contributed by atoms with Gasteiger partial charge in [0.1, 0.15) is 0 Å². The van der Waals surface area contributed by atoms with Crippen LogP contribution in [0.5, 0.6) is 0 Å². The Kier molecular flexibility index (Phi) is 5.72. The van der Waals surface area contributed by atoms with E-state index in [4.69, 9.17) is 15.0 Å². The molecule has 68 valence electrons. The quantitative estimate of drug-likeness (QED) is 0.270. The summed E-state index contributed by atoms with van der Waals surface area (Å²) in [6.45, 7) is 0.473. The second kappa shape index (κ2) is 5.69. The molecule has 0 amide bonds. The predicted molar refractivity (Wildman–Crippen MR) is 40.6 cm³/mol. The van der Waals surface area contributed by atoms with Crippen LogP contribution in [0.2, 0.25) is 0 Å². The average molecular weight is 183 g/mol. The van der Waals surface area contributed by atoms with E-state index < -0.39 is 7.60 Å². The molecular formula is C5H14NO4P. The van der Waals surface area contributed by atoms with E-state index in [1.54, 1.807) is 0 Å². The van der Waals surface area contributed by atoms with Crippen LogP contribution in [0, 0.1) is 0 Å². The van der Waals surface area contributed by atoms with Crippen LogP contribution in [0.4, 0.5) is 0 Å². The van der Waals surface area contributed by atoms with Crippen molar-refractivity contribution in [3.05, 3.63) is 0 Å². The third-order valence-corrected chi connectivity index (χ3v) is 2.14. The standard InChI is InChI=1S/C5H14NO4P/c7-6-4-2-1-3-5-11(8,9)10/h6-7H,1-5H2,(H2,8,9,10). The maximum absolute atomic E-state index is 10.3. The maximum atomic E-state index is 10.3. The molecule has 0 unspecified atom stereocenters. The first-order valence-corrected chi connectivity index (χ1v) is 5.27. The van der Waals surface area contributed by atoms with Crippen molar-refractivity contribution in [3.63, 3.8) is 0 Å². The van der Waals surface area contributed by atoms with Gasteiger partial charge in [-0.1, -0.05) is 6.42 Å². The van der Waals surface area contributed by atoms with Crippen LogP contribution >= 0.6 is 7.60 Å². The molecule has 0 aromatic rings. The van der Waals surface area contributed by atoms with Gasteiger partial charge in [-0.2, -0.15) is 0 Å². The predicted octanol–water partition coefficient (Wildman–Crippen LogP) is 0.313. The van der Waals surface area contributed by atoms with Crippen molar-refractivity contribution >= 4 is 7.60 Å². The third kappa shape index (κ3) is 10.1. The van der Waals surface area contributed by atoms with Crippen LogP contribution in [-0.4, -0.2) is 27.7 Å². The molecule has 0 saturated heterocycles. The monoisotopic (exact) mass is 183 g/mol. The summed E-state index contributed by atoms with van der Waals surface area (Å²) in [4.78, 5) is 16.8. The summed E-state index contributed by atoms with van der Waals surface area (Å²) in [5.74, 6) is 0. The van der Waals surface area contributed by atoms with Crippen molar-refractivity contribution in [1.29, 1.82) is 0 Å². The fraction of sp³-hybridized carbons (Fsp3) is 1.00. The highest BCUT2D eigenvalue weighted by atomic mass is 31.2. The third-order valence-electron chi connectivity index (χ3n) is 1.24. The van der Waals surface area contributed by atoms with E-state index >= 15 is 0 Å². The summed E-state index contributed by atoms with van der Waals surface area (Å²) in [6.07, 6.45) is 1.90. The summed E-state index contributed by atoms with van der Waals surface area (Å²) in [7, 11) is -3.80. The molecule has 0 aliphatic rings. The molecule has 4 N–H and O–H groups in total. The lowest BCUT2D eigenvalue weighted by molar-refractivity contribution is 0.165. The minimum absolute atomic E-state index is 0.0571. The van der Waals surface area contributed by atoms with Gasteiger partial charge in [0.15, 0.2) is 0 Å². The zero-order valence-corrected chi connectivity index (χ0v) is 7.13. The summed E-state index contributed by atoms with van der Waals surface area (Å²) in [5.41, 5.74) is 1.97. The van der Waals surface area contributed by atoms with E-state index in [-0.39, 0.29) is 6.16 Å². The van der Waals surface area contributed by atoms with Crippen molar-refractivity contribution < 1.29 is 19.6 Å². The van der Waals surface area contributed by atoms with E-state index in [1.807, 2.05) is 5.48 Å². The SMILES string of the molecule is O=P(O)(O)CCCCCNO. The first kappa shape index (κ1) is 11.1. The smallest absolute Gasteiger partial charge is 0.324 e. The molecule has 0 aromatic heterocycles. The molecular weight excluding hydrogens is 169 g/mol. The fourth-order valence-electron chi connectivity index (χ4n) is 0.699. The lowest BCUT2D eigenvalue weighted by atomic mass is 10.2. The zero-order chi connectivity index (χ0) is 8.74. The molecule has 6 heteroatoms. The molecule has 0 aliphatic carbocycles. The largest absolute Gasteiger partial charge is 0.325 e. The van der Waals surface area contributed by atoms with Gasteiger partial charge in [-0.25, -0.2) is 5.48 Å². The van der Waals surface area contributed by atoms with Gasteiger partial charge in [-0.15, -0.1) is 0 Å². The summed E-state index contributed by atoms with van der Waals surface area (Å²) in [6, 6.07) is 0. The average Bonchev–Trinajstić information content (AvgIpc) is 1.85. The Hall–Kier alpha value is 0.0700. The molecule has 0 radical (unpaired) electrons. The van der Waals surface area contributed by atoms with Gasteiger partial charge in [0.2, 0.25) is 0 Å². The van der Waals surface area contributed by atoms with E-state index in [0.717, 1.165) is 12.8 Å². The van der Waals surface area contributed by atoms with E-state index in [1.165, 1.54) is 0 Å². The summed E-state index contributed by atoms with van der Waals surface area (Å²) in [5, 5.41) is 8.12. The van der Waals surface area contributed by atoms with E-state index in [0.29, 0.717) is 13.0 Å².